The SMILES string of the molecule is CCOc1ccccc1-n1nnnc1SC(C)C(=O)Nc1ccccc1. The van der Waals surface area contributed by atoms with E-state index in [1.165, 1.54) is 11.8 Å². The first-order chi connectivity index (χ1) is 12.7. The van der Waals surface area contributed by atoms with Crippen molar-refractivity contribution < 1.29 is 9.53 Å². The molecule has 8 heteroatoms. The lowest BCUT2D eigenvalue weighted by atomic mass is 10.3. The second-order valence-corrected chi connectivity index (χ2v) is 6.70. The molecule has 0 aliphatic rings. The second kappa shape index (κ2) is 8.48. The van der Waals surface area contributed by atoms with Crippen molar-refractivity contribution in [3.8, 4) is 11.4 Å². The Labute approximate surface area is 155 Å². The molecule has 1 unspecified atom stereocenters. The Hall–Kier alpha value is -2.87. The van der Waals surface area contributed by atoms with Crippen LogP contribution < -0.4 is 10.1 Å². The van der Waals surface area contributed by atoms with Crippen molar-refractivity contribution in [3.63, 3.8) is 0 Å². The normalized spacial score (nSPS) is 11.8. The van der Waals surface area contributed by atoms with Gasteiger partial charge in [-0.2, -0.15) is 4.68 Å². The molecule has 3 aromatic rings. The Kier molecular flexibility index (Phi) is 5.85. The smallest absolute Gasteiger partial charge is 0.237 e. The Balaban J connectivity index is 1.76. The Bertz CT molecular complexity index is 869. The molecule has 26 heavy (non-hydrogen) atoms. The van der Waals surface area contributed by atoms with Crippen molar-refractivity contribution >= 4 is 23.4 Å². The van der Waals surface area contributed by atoms with E-state index in [-0.39, 0.29) is 11.2 Å². The number of amides is 1. The van der Waals surface area contributed by atoms with E-state index in [1.807, 2.05) is 68.4 Å². The minimum Gasteiger partial charge on any atom is -0.492 e. The van der Waals surface area contributed by atoms with Crippen LogP contribution in [-0.2, 0) is 4.79 Å². The zero-order valence-corrected chi connectivity index (χ0v) is 15.3. The molecule has 0 aliphatic carbocycles. The van der Waals surface area contributed by atoms with Crippen LogP contribution in [0, 0.1) is 0 Å². The highest BCUT2D eigenvalue weighted by atomic mass is 32.2. The van der Waals surface area contributed by atoms with E-state index in [0.717, 1.165) is 11.4 Å². The van der Waals surface area contributed by atoms with Gasteiger partial charge in [0.15, 0.2) is 0 Å². The number of rotatable bonds is 7. The number of carbonyl (C=O) groups is 1. The lowest BCUT2D eigenvalue weighted by molar-refractivity contribution is -0.115. The van der Waals surface area contributed by atoms with E-state index in [4.69, 9.17) is 4.74 Å². The molecule has 1 heterocycles. The summed E-state index contributed by atoms with van der Waals surface area (Å²) in [6.07, 6.45) is 0. The lowest BCUT2D eigenvalue weighted by Crippen LogP contribution is -2.22. The topological polar surface area (TPSA) is 81.9 Å². The molecule has 1 aromatic heterocycles. The van der Waals surface area contributed by atoms with Gasteiger partial charge >= 0.3 is 0 Å². The van der Waals surface area contributed by atoms with Gasteiger partial charge in [-0.1, -0.05) is 42.1 Å². The van der Waals surface area contributed by atoms with Crippen molar-refractivity contribution in [2.45, 2.75) is 24.3 Å². The summed E-state index contributed by atoms with van der Waals surface area (Å²) < 4.78 is 7.23. The number of ether oxygens (including phenoxy) is 1. The minimum absolute atomic E-state index is 0.117. The number of nitrogens with zero attached hydrogens (tertiary/aromatic N) is 4. The molecule has 134 valence electrons. The van der Waals surface area contributed by atoms with Crippen LogP contribution in [0.4, 0.5) is 5.69 Å². The molecule has 3 rings (SSSR count). The van der Waals surface area contributed by atoms with Crippen molar-refractivity contribution in [2.75, 3.05) is 11.9 Å². The molecular weight excluding hydrogens is 350 g/mol. The monoisotopic (exact) mass is 369 g/mol. The van der Waals surface area contributed by atoms with Crippen LogP contribution >= 0.6 is 11.8 Å². The number of anilines is 1. The minimum atomic E-state index is -0.376. The fourth-order valence-electron chi connectivity index (χ4n) is 2.29. The number of hydrogen-bond donors (Lipinski definition) is 1. The maximum Gasteiger partial charge on any atom is 0.237 e. The number of thioether (sulfide) groups is 1. The summed E-state index contributed by atoms with van der Waals surface area (Å²) >= 11 is 1.29. The fourth-order valence-corrected chi connectivity index (χ4v) is 3.09. The highest BCUT2D eigenvalue weighted by Gasteiger charge is 2.20. The molecule has 1 amide bonds. The zero-order valence-electron chi connectivity index (χ0n) is 14.5. The molecule has 0 bridgehead atoms. The van der Waals surface area contributed by atoms with Crippen molar-refractivity contribution in [1.29, 1.82) is 0 Å². The fraction of sp³-hybridized carbons (Fsp3) is 0.222. The van der Waals surface area contributed by atoms with Gasteiger partial charge in [-0.15, -0.1) is 5.10 Å². The highest BCUT2D eigenvalue weighted by Crippen LogP contribution is 2.28. The molecule has 7 nitrogen and oxygen atoms in total. The molecule has 0 spiro atoms. The average molecular weight is 369 g/mol. The van der Waals surface area contributed by atoms with Crippen LogP contribution in [0.3, 0.4) is 0 Å². The molecular formula is C18H19N5O2S. The maximum atomic E-state index is 12.4. The number of nitrogens with one attached hydrogen (secondary N) is 1. The first kappa shape index (κ1) is 17.9. The number of carbonyl (C=O) groups excluding carboxylic acids is 1. The summed E-state index contributed by atoms with van der Waals surface area (Å²) in [6, 6.07) is 16.9. The van der Waals surface area contributed by atoms with Gasteiger partial charge in [-0.25, -0.2) is 0 Å². The Morgan fingerprint density at radius 1 is 1.19 bits per heavy atom. The molecule has 0 radical (unpaired) electrons. The molecule has 1 atom stereocenters. The molecule has 0 aliphatic heterocycles. The van der Waals surface area contributed by atoms with Crippen LogP contribution in [0.15, 0.2) is 59.8 Å². The quantitative estimate of drug-likeness (QED) is 0.644. The number of hydrogen-bond acceptors (Lipinski definition) is 6. The number of benzene rings is 2. The van der Waals surface area contributed by atoms with Crippen LogP contribution in [0.1, 0.15) is 13.8 Å². The highest BCUT2D eigenvalue weighted by molar-refractivity contribution is 8.00. The van der Waals surface area contributed by atoms with Gasteiger partial charge in [0.2, 0.25) is 11.1 Å². The first-order valence-electron chi connectivity index (χ1n) is 8.22. The van der Waals surface area contributed by atoms with Gasteiger partial charge in [0.25, 0.3) is 0 Å². The molecule has 0 fully saturated rings. The van der Waals surface area contributed by atoms with Gasteiger partial charge in [-0.05, 0) is 48.5 Å². The summed E-state index contributed by atoms with van der Waals surface area (Å²) in [6.45, 7) is 4.27. The first-order valence-corrected chi connectivity index (χ1v) is 9.10. The third-order valence-electron chi connectivity index (χ3n) is 3.53. The predicted molar refractivity (Wildman–Crippen MR) is 101 cm³/mol. The van der Waals surface area contributed by atoms with Crippen LogP contribution in [-0.4, -0.2) is 38.0 Å². The number of aromatic nitrogens is 4. The lowest BCUT2D eigenvalue weighted by Gasteiger charge is -2.13. The van der Waals surface area contributed by atoms with Gasteiger partial charge in [0.1, 0.15) is 11.4 Å². The van der Waals surface area contributed by atoms with Crippen LogP contribution in [0.25, 0.3) is 5.69 Å². The summed E-state index contributed by atoms with van der Waals surface area (Å²) in [4.78, 5) is 12.4. The second-order valence-electron chi connectivity index (χ2n) is 5.39. The van der Waals surface area contributed by atoms with Gasteiger partial charge < -0.3 is 10.1 Å². The molecule has 1 N–H and O–H groups in total. The van der Waals surface area contributed by atoms with Gasteiger partial charge in [0.05, 0.1) is 11.9 Å². The number of tetrazole rings is 1. The Morgan fingerprint density at radius 2 is 1.92 bits per heavy atom. The van der Waals surface area contributed by atoms with Gasteiger partial charge in [-0.3, -0.25) is 4.79 Å². The Morgan fingerprint density at radius 3 is 2.69 bits per heavy atom. The predicted octanol–water partition coefficient (Wildman–Crippen LogP) is 3.18. The van der Waals surface area contributed by atoms with E-state index >= 15 is 0 Å². The number of para-hydroxylation sites is 3. The summed E-state index contributed by atoms with van der Waals surface area (Å²) in [7, 11) is 0. The summed E-state index contributed by atoms with van der Waals surface area (Å²) in [5, 5.41) is 14.9. The van der Waals surface area contributed by atoms with E-state index in [1.54, 1.807) is 4.68 Å². The van der Waals surface area contributed by atoms with Crippen LogP contribution in [0.5, 0.6) is 5.75 Å². The maximum absolute atomic E-state index is 12.4. The molecule has 0 saturated carbocycles. The molecule has 0 saturated heterocycles. The zero-order chi connectivity index (χ0) is 18.4. The molecule has 2 aromatic carbocycles. The van der Waals surface area contributed by atoms with Crippen molar-refractivity contribution in [2.24, 2.45) is 0 Å². The van der Waals surface area contributed by atoms with E-state index in [0.29, 0.717) is 17.5 Å². The largest absolute Gasteiger partial charge is 0.492 e. The van der Waals surface area contributed by atoms with E-state index in [9.17, 15) is 4.79 Å². The van der Waals surface area contributed by atoms with Crippen molar-refractivity contribution in [3.05, 3.63) is 54.6 Å². The standard InChI is InChI=1S/C18H19N5O2S/c1-3-25-16-12-8-7-11-15(16)23-18(20-21-22-23)26-13(2)17(24)19-14-9-5-4-6-10-14/h4-13H,3H2,1-2H3,(H,19,24). The van der Waals surface area contributed by atoms with Crippen LogP contribution in [0.2, 0.25) is 0 Å². The van der Waals surface area contributed by atoms with Gasteiger partial charge in [0, 0.05) is 5.69 Å². The average Bonchev–Trinajstić information content (AvgIpc) is 3.11. The summed E-state index contributed by atoms with van der Waals surface area (Å²) in [5.74, 6) is 0.569. The summed E-state index contributed by atoms with van der Waals surface area (Å²) in [5.41, 5.74) is 1.49. The third-order valence-corrected chi connectivity index (χ3v) is 4.56. The third kappa shape index (κ3) is 4.20. The van der Waals surface area contributed by atoms with Crippen molar-refractivity contribution in [1.82, 2.24) is 20.2 Å². The van der Waals surface area contributed by atoms with E-state index in [2.05, 4.69) is 20.8 Å². The van der Waals surface area contributed by atoms with E-state index < -0.39 is 0 Å².